The van der Waals surface area contributed by atoms with E-state index < -0.39 is 5.95 Å². The highest BCUT2D eigenvalue weighted by Gasteiger charge is 2.09. The second kappa shape index (κ2) is 4.05. The smallest absolute Gasteiger partial charge is 0.213 e. The monoisotopic (exact) mass is 317 g/mol. The van der Waals surface area contributed by atoms with Crippen molar-refractivity contribution in [3.05, 3.63) is 36.3 Å². The fraction of sp³-hybridized carbons (Fsp3) is 0. The number of hydrogen-bond donors (Lipinski definition) is 0. The minimum Gasteiger partial charge on any atom is -0.296 e. The number of aromatic nitrogens is 3. The van der Waals surface area contributed by atoms with E-state index in [0.717, 1.165) is 0 Å². The zero-order valence-electron chi connectivity index (χ0n) is 7.39. The lowest BCUT2D eigenvalue weighted by atomic mass is 10.1. The molecule has 0 saturated heterocycles. The Morgan fingerprint density at radius 3 is 2.87 bits per heavy atom. The quantitative estimate of drug-likeness (QED) is 0.484. The van der Waals surface area contributed by atoms with Crippen LogP contribution < -0.4 is 0 Å². The van der Waals surface area contributed by atoms with Crippen molar-refractivity contribution in [1.29, 1.82) is 0 Å². The number of imidazole rings is 1. The third-order valence-electron chi connectivity index (χ3n) is 1.83. The molecule has 76 valence electrons. The van der Waals surface area contributed by atoms with Crippen LogP contribution in [-0.2, 0) is 0 Å². The summed E-state index contributed by atoms with van der Waals surface area (Å²) in [5.41, 5.74) is 1.19. The number of carbonyl (C=O) groups is 1. The summed E-state index contributed by atoms with van der Waals surface area (Å²) in [6.45, 7) is 0. The molecule has 15 heavy (non-hydrogen) atoms. The topological polar surface area (TPSA) is 47.8 Å². The summed E-state index contributed by atoms with van der Waals surface area (Å²) in [5.74, 6) is -0.672. The highest BCUT2D eigenvalue weighted by atomic mass is 127. The molecule has 0 amide bonds. The van der Waals surface area contributed by atoms with Crippen LogP contribution in [-0.4, -0.2) is 19.0 Å². The first-order valence-corrected chi connectivity index (χ1v) is 4.99. The van der Waals surface area contributed by atoms with Crippen molar-refractivity contribution in [1.82, 2.24) is 12.7 Å². The summed E-state index contributed by atoms with van der Waals surface area (Å²) in [6.07, 6.45) is 3.83. The third kappa shape index (κ3) is 2.04. The second-order valence-electron chi connectivity index (χ2n) is 2.79. The van der Waals surface area contributed by atoms with E-state index in [4.69, 9.17) is 0 Å². The summed E-state index contributed by atoms with van der Waals surface area (Å²) >= 11 is 2.03. The fourth-order valence-corrected chi connectivity index (χ4v) is 1.58. The van der Waals surface area contributed by atoms with Crippen molar-refractivity contribution in [2.24, 2.45) is 0 Å². The minimum atomic E-state index is -0.672. The minimum absolute atomic E-state index is 0.0603. The largest absolute Gasteiger partial charge is 0.296 e. The van der Waals surface area contributed by atoms with E-state index in [1.165, 1.54) is 12.1 Å². The molecule has 0 aliphatic heterocycles. The maximum atomic E-state index is 12.8. The van der Waals surface area contributed by atoms with Gasteiger partial charge in [-0.2, -0.15) is 4.39 Å². The molecule has 2 aromatic rings. The number of aldehydes is 1. The van der Waals surface area contributed by atoms with Gasteiger partial charge in [0.05, 0.1) is 28.6 Å². The van der Waals surface area contributed by atoms with Crippen LogP contribution in [0, 0.1) is 5.95 Å². The van der Waals surface area contributed by atoms with Crippen molar-refractivity contribution < 1.29 is 9.18 Å². The van der Waals surface area contributed by atoms with Crippen LogP contribution in [0.15, 0.2) is 24.7 Å². The van der Waals surface area contributed by atoms with Gasteiger partial charge in [-0.25, -0.2) is 9.97 Å². The number of pyridine rings is 1. The fourth-order valence-electron chi connectivity index (χ4n) is 1.20. The molecule has 0 bridgehead atoms. The summed E-state index contributed by atoms with van der Waals surface area (Å²) in [6, 6.07) is 2.69. The Hall–Kier alpha value is -1.31. The van der Waals surface area contributed by atoms with Crippen LogP contribution in [0.25, 0.3) is 11.3 Å². The van der Waals surface area contributed by atoms with Gasteiger partial charge in [0.1, 0.15) is 12.0 Å². The number of nitrogens with zero attached hydrogens (tertiary/aromatic N) is 3. The van der Waals surface area contributed by atoms with Gasteiger partial charge in [-0.05, 0) is 12.1 Å². The molecule has 0 radical (unpaired) electrons. The Bertz CT molecular complexity index is 512. The van der Waals surface area contributed by atoms with Crippen molar-refractivity contribution in [2.45, 2.75) is 0 Å². The van der Waals surface area contributed by atoms with Gasteiger partial charge in [0.25, 0.3) is 0 Å². The van der Waals surface area contributed by atoms with Gasteiger partial charge in [0.2, 0.25) is 5.95 Å². The van der Waals surface area contributed by atoms with Crippen molar-refractivity contribution in [3.63, 3.8) is 0 Å². The predicted octanol–water partition coefficient (Wildman–Crippen LogP) is 2.09. The van der Waals surface area contributed by atoms with E-state index >= 15 is 0 Å². The SMILES string of the molecule is O=Cc1nc(F)ccc1-c1cn(I)cn1. The van der Waals surface area contributed by atoms with Gasteiger partial charge in [0.15, 0.2) is 6.29 Å². The number of hydrogen-bond acceptors (Lipinski definition) is 3. The lowest BCUT2D eigenvalue weighted by molar-refractivity contribution is 0.111. The van der Waals surface area contributed by atoms with Gasteiger partial charge in [0, 0.05) is 11.8 Å². The summed E-state index contributed by atoms with van der Waals surface area (Å²) in [5, 5.41) is 0. The Balaban J connectivity index is 2.57. The maximum absolute atomic E-state index is 12.8. The molecule has 4 nitrogen and oxygen atoms in total. The maximum Gasteiger partial charge on any atom is 0.213 e. The summed E-state index contributed by atoms with van der Waals surface area (Å²) in [4.78, 5) is 18.2. The van der Waals surface area contributed by atoms with Crippen molar-refractivity contribution >= 4 is 29.2 Å². The average molecular weight is 317 g/mol. The molecule has 2 rings (SSSR count). The van der Waals surface area contributed by atoms with E-state index in [1.807, 2.05) is 22.9 Å². The van der Waals surface area contributed by atoms with E-state index in [1.54, 1.807) is 15.3 Å². The lowest BCUT2D eigenvalue weighted by Gasteiger charge is -1.99. The lowest BCUT2D eigenvalue weighted by Crippen LogP contribution is -1.95. The molecule has 0 N–H and O–H groups in total. The molecule has 0 aliphatic carbocycles. The first-order valence-electron chi connectivity index (χ1n) is 4.03. The molecule has 0 spiro atoms. The van der Waals surface area contributed by atoms with Crippen LogP contribution in [0.2, 0.25) is 0 Å². The molecule has 2 heterocycles. The van der Waals surface area contributed by atoms with Crippen LogP contribution in [0.1, 0.15) is 10.5 Å². The second-order valence-corrected chi connectivity index (χ2v) is 3.90. The highest BCUT2D eigenvalue weighted by molar-refractivity contribution is 14.1. The number of carbonyl (C=O) groups excluding carboxylic acids is 1. The molecule has 0 unspecified atom stereocenters. The van der Waals surface area contributed by atoms with Crippen LogP contribution in [0.4, 0.5) is 4.39 Å². The van der Waals surface area contributed by atoms with Gasteiger partial charge < -0.3 is 0 Å². The summed E-state index contributed by atoms with van der Waals surface area (Å²) < 4.78 is 14.5. The first kappa shape index (κ1) is 10.2. The predicted molar refractivity (Wildman–Crippen MR) is 60.2 cm³/mol. The van der Waals surface area contributed by atoms with E-state index in [-0.39, 0.29) is 5.69 Å². The van der Waals surface area contributed by atoms with E-state index in [2.05, 4.69) is 9.97 Å². The van der Waals surface area contributed by atoms with E-state index in [0.29, 0.717) is 17.5 Å². The molecule has 0 aliphatic rings. The van der Waals surface area contributed by atoms with Gasteiger partial charge in [-0.1, -0.05) is 0 Å². The molecular weight excluding hydrogens is 312 g/mol. The first-order chi connectivity index (χ1) is 7.20. The molecule has 2 aromatic heterocycles. The standard InChI is InChI=1S/C9H5FIN3O/c10-9-2-1-6(8(4-15)13-9)7-3-14(11)5-12-7/h1-5H. The summed E-state index contributed by atoms with van der Waals surface area (Å²) in [7, 11) is 0. The highest BCUT2D eigenvalue weighted by Crippen LogP contribution is 2.20. The molecule has 0 aromatic carbocycles. The van der Waals surface area contributed by atoms with Crippen LogP contribution in [0.3, 0.4) is 0 Å². The zero-order chi connectivity index (χ0) is 10.8. The number of halogens is 2. The van der Waals surface area contributed by atoms with Gasteiger partial charge in [-0.15, -0.1) is 0 Å². The Kier molecular flexibility index (Phi) is 2.76. The van der Waals surface area contributed by atoms with Gasteiger partial charge in [-0.3, -0.25) is 7.58 Å². The number of rotatable bonds is 2. The van der Waals surface area contributed by atoms with Crippen molar-refractivity contribution in [3.8, 4) is 11.3 Å². The Morgan fingerprint density at radius 2 is 2.27 bits per heavy atom. The van der Waals surface area contributed by atoms with Crippen LogP contribution >= 0.6 is 22.9 Å². The molecule has 0 saturated carbocycles. The Morgan fingerprint density at radius 1 is 1.47 bits per heavy atom. The molecule has 6 heteroatoms. The normalized spacial score (nSPS) is 10.3. The Labute approximate surface area is 98.7 Å². The molecular formula is C9H5FIN3O. The molecule has 0 atom stereocenters. The van der Waals surface area contributed by atoms with Crippen LogP contribution in [0.5, 0.6) is 0 Å². The van der Waals surface area contributed by atoms with Crippen molar-refractivity contribution in [2.75, 3.05) is 0 Å². The molecule has 0 fully saturated rings. The average Bonchev–Trinajstić information content (AvgIpc) is 2.64. The third-order valence-corrected chi connectivity index (χ3v) is 2.36. The zero-order valence-corrected chi connectivity index (χ0v) is 9.55. The van der Waals surface area contributed by atoms with Gasteiger partial charge >= 0.3 is 0 Å². The van der Waals surface area contributed by atoms with E-state index in [9.17, 15) is 9.18 Å².